The highest BCUT2D eigenvalue weighted by Gasteiger charge is 2.36. The Morgan fingerprint density at radius 1 is 1.38 bits per heavy atom. The van der Waals surface area contributed by atoms with Gasteiger partial charge in [0.2, 0.25) is 0 Å². The van der Waals surface area contributed by atoms with E-state index < -0.39 is 18.1 Å². The molecular weight excluding hydrogens is 270 g/mol. The van der Waals surface area contributed by atoms with Crippen LogP contribution in [0.25, 0.3) is 6.08 Å². The van der Waals surface area contributed by atoms with Crippen LogP contribution < -0.4 is 0 Å². The van der Waals surface area contributed by atoms with E-state index in [1.807, 2.05) is 0 Å². The second-order valence-corrected chi connectivity index (χ2v) is 5.04. The van der Waals surface area contributed by atoms with Crippen LogP contribution in [0.2, 0.25) is 0 Å². The van der Waals surface area contributed by atoms with E-state index in [9.17, 15) is 14.7 Å². The summed E-state index contributed by atoms with van der Waals surface area (Å²) in [5.74, 6) is -0.724. The number of amides is 1. The Morgan fingerprint density at radius 2 is 2.05 bits per heavy atom. The number of aliphatic hydroxyl groups excluding tert-OH is 1. The van der Waals surface area contributed by atoms with Crippen molar-refractivity contribution in [3.05, 3.63) is 42.0 Å². The Bertz CT molecular complexity index is 538. The highest BCUT2D eigenvalue weighted by Crippen LogP contribution is 2.21. The van der Waals surface area contributed by atoms with Gasteiger partial charge in [0.15, 0.2) is 0 Å². The summed E-state index contributed by atoms with van der Waals surface area (Å²) in [5, 5.41) is 9.71. The maximum Gasteiger partial charge on any atom is 0.328 e. The topological polar surface area (TPSA) is 66.8 Å². The third-order valence-corrected chi connectivity index (χ3v) is 3.70. The number of benzene rings is 1. The average Bonchev–Trinajstić information content (AvgIpc) is 2.53. The van der Waals surface area contributed by atoms with Gasteiger partial charge in [0.1, 0.15) is 6.04 Å². The van der Waals surface area contributed by atoms with E-state index in [1.165, 1.54) is 12.0 Å². The van der Waals surface area contributed by atoms with E-state index in [0.717, 1.165) is 5.56 Å². The van der Waals surface area contributed by atoms with Gasteiger partial charge in [0.05, 0.1) is 13.2 Å². The molecule has 1 aliphatic rings. The summed E-state index contributed by atoms with van der Waals surface area (Å²) in [4.78, 5) is 25.8. The molecule has 1 heterocycles. The molecule has 1 aromatic carbocycles. The fraction of sp³-hybridized carbons (Fsp3) is 0.375. The van der Waals surface area contributed by atoms with E-state index in [0.29, 0.717) is 18.5 Å². The number of rotatable bonds is 3. The molecule has 5 heteroatoms. The summed E-state index contributed by atoms with van der Waals surface area (Å²) in [6.07, 6.45) is 1.79. The molecule has 0 saturated carbocycles. The standard InChI is InChI=1S/C16H19NO4/c1-3-11-4-6-12(7-5-11)15(19)17-9-8-13(18)10-14(17)16(20)21-2/h3-7,13-14,18H,1,8-10H2,2H3/t13-,14+/m1/s1. The van der Waals surface area contributed by atoms with E-state index in [2.05, 4.69) is 6.58 Å². The van der Waals surface area contributed by atoms with Gasteiger partial charge in [-0.15, -0.1) is 0 Å². The number of aliphatic hydroxyl groups is 1. The zero-order valence-corrected chi connectivity index (χ0v) is 12.0. The molecule has 2 rings (SSSR count). The molecule has 1 aromatic rings. The Balaban J connectivity index is 2.21. The lowest BCUT2D eigenvalue weighted by atomic mass is 9.98. The first kappa shape index (κ1) is 15.3. The lowest BCUT2D eigenvalue weighted by molar-refractivity contribution is -0.148. The van der Waals surface area contributed by atoms with Crippen molar-refractivity contribution in [3.63, 3.8) is 0 Å². The van der Waals surface area contributed by atoms with Crippen LogP contribution in [0, 0.1) is 0 Å². The summed E-state index contributed by atoms with van der Waals surface area (Å²) in [7, 11) is 1.28. The van der Waals surface area contributed by atoms with Gasteiger partial charge in [-0.25, -0.2) is 4.79 Å². The first-order valence-corrected chi connectivity index (χ1v) is 6.86. The molecule has 0 aromatic heterocycles. The van der Waals surface area contributed by atoms with Crippen LogP contribution in [-0.2, 0) is 9.53 Å². The molecule has 5 nitrogen and oxygen atoms in total. The van der Waals surface area contributed by atoms with Crippen molar-refractivity contribution >= 4 is 18.0 Å². The van der Waals surface area contributed by atoms with Gasteiger partial charge in [-0.2, -0.15) is 0 Å². The second-order valence-electron chi connectivity index (χ2n) is 5.04. The SMILES string of the molecule is C=Cc1ccc(C(=O)N2CC[C@@H](O)C[C@H]2C(=O)OC)cc1. The zero-order chi connectivity index (χ0) is 15.4. The van der Waals surface area contributed by atoms with Crippen LogP contribution in [0.4, 0.5) is 0 Å². The van der Waals surface area contributed by atoms with Crippen molar-refractivity contribution in [3.8, 4) is 0 Å². The number of carbonyl (C=O) groups is 2. The fourth-order valence-electron chi connectivity index (χ4n) is 2.48. The lowest BCUT2D eigenvalue weighted by Crippen LogP contribution is -2.51. The molecule has 0 spiro atoms. The molecule has 0 unspecified atom stereocenters. The lowest BCUT2D eigenvalue weighted by Gasteiger charge is -2.36. The van der Waals surface area contributed by atoms with Crippen LogP contribution in [0.1, 0.15) is 28.8 Å². The summed E-state index contributed by atoms with van der Waals surface area (Å²) >= 11 is 0. The molecule has 0 radical (unpaired) electrons. The van der Waals surface area contributed by atoms with Gasteiger partial charge in [-0.3, -0.25) is 4.79 Å². The number of hydrogen-bond donors (Lipinski definition) is 1. The highest BCUT2D eigenvalue weighted by molar-refractivity contribution is 5.97. The largest absolute Gasteiger partial charge is 0.467 e. The Morgan fingerprint density at radius 3 is 2.62 bits per heavy atom. The second kappa shape index (κ2) is 6.54. The van der Waals surface area contributed by atoms with E-state index in [4.69, 9.17) is 4.74 Å². The maximum absolute atomic E-state index is 12.5. The van der Waals surface area contributed by atoms with Crippen molar-refractivity contribution in [2.75, 3.05) is 13.7 Å². The number of likely N-dealkylation sites (tertiary alicyclic amines) is 1. The summed E-state index contributed by atoms with van der Waals surface area (Å²) < 4.78 is 4.73. The predicted octanol–water partition coefficient (Wildman–Crippen LogP) is 1.47. The third-order valence-electron chi connectivity index (χ3n) is 3.70. The summed E-state index contributed by atoms with van der Waals surface area (Å²) in [6, 6.07) is 6.28. The molecule has 112 valence electrons. The molecule has 0 bridgehead atoms. The third kappa shape index (κ3) is 3.31. The molecule has 0 aliphatic carbocycles. The number of hydrogen-bond acceptors (Lipinski definition) is 4. The molecule has 1 aliphatic heterocycles. The average molecular weight is 289 g/mol. The number of nitrogens with zero attached hydrogens (tertiary/aromatic N) is 1. The number of ether oxygens (including phenoxy) is 1. The van der Waals surface area contributed by atoms with E-state index in [1.54, 1.807) is 30.3 Å². The first-order chi connectivity index (χ1) is 10.1. The highest BCUT2D eigenvalue weighted by atomic mass is 16.5. The predicted molar refractivity (Wildman–Crippen MR) is 78.6 cm³/mol. The first-order valence-electron chi connectivity index (χ1n) is 6.86. The fourth-order valence-corrected chi connectivity index (χ4v) is 2.48. The molecular formula is C16H19NO4. The zero-order valence-electron chi connectivity index (χ0n) is 12.0. The van der Waals surface area contributed by atoms with Crippen molar-refractivity contribution < 1.29 is 19.4 Å². The van der Waals surface area contributed by atoms with Gasteiger partial charge in [-0.05, 0) is 24.1 Å². The van der Waals surface area contributed by atoms with Gasteiger partial charge in [0, 0.05) is 18.5 Å². The molecule has 1 saturated heterocycles. The van der Waals surface area contributed by atoms with Gasteiger partial charge in [0.25, 0.3) is 5.91 Å². The van der Waals surface area contributed by atoms with Crippen LogP contribution in [0.15, 0.2) is 30.8 Å². The Hall–Kier alpha value is -2.14. The van der Waals surface area contributed by atoms with E-state index in [-0.39, 0.29) is 12.3 Å². The number of esters is 1. The smallest absolute Gasteiger partial charge is 0.328 e. The van der Waals surface area contributed by atoms with Gasteiger partial charge in [-0.1, -0.05) is 24.8 Å². The number of methoxy groups -OCH3 is 1. The normalized spacial score (nSPS) is 21.7. The summed E-state index contributed by atoms with van der Waals surface area (Å²) in [6.45, 7) is 4.00. The minimum atomic E-state index is -0.731. The monoisotopic (exact) mass is 289 g/mol. The van der Waals surface area contributed by atoms with E-state index >= 15 is 0 Å². The van der Waals surface area contributed by atoms with Crippen LogP contribution in [0.3, 0.4) is 0 Å². The Labute approximate surface area is 123 Å². The van der Waals surface area contributed by atoms with Crippen LogP contribution in [0.5, 0.6) is 0 Å². The summed E-state index contributed by atoms with van der Waals surface area (Å²) in [5.41, 5.74) is 1.43. The van der Waals surface area contributed by atoms with Crippen LogP contribution in [-0.4, -0.2) is 47.7 Å². The molecule has 1 amide bonds. The quantitative estimate of drug-likeness (QED) is 0.856. The van der Waals surface area contributed by atoms with Gasteiger partial charge < -0.3 is 14.7 Å². The van der Waals surface area contributed by atoms with Crippen LogP contribution >= 0.6 is 0 Å². The number of carbonyl (C=O) groups excluding carboxylic acids is 2. The van der Waals surface area contributed by atoms with Crippen molar-refractivity contribution in [2.24, 2.45) is 0 Å². The van der Waals surface area contributed by atoms with Gasteiger partial charge >= 0.3 is 5.97 Å². The molecule has 1 fully saturated rings. The van der Waals surface area contributed by atoms with Crippen molar-refractivity contribution in [1.82, 2.24) is 4.90 Å². The molecule has 1 N–H and O–H groups in total. The molecule has 21 heavy (non-hydrogen) atoms. The van der Waals surface area contributed by atoms with Crippen molar-refractivity contribution in [2.45, 2.75) is 25.0 Å². The minimum absolute atomic E-state index is 0.211. The van der Waals surface area contributed by atoms with Crippen molar-refractivity contribution in [1.29, 1.82) is 0 Å². The number of piperidine rings is 1. The maximum atomic E-state index is 12.5. The Kier molecular flexibility index (Phi) is 4.75. The molecule has 2 atom stereocenters. The minimum Gasteiger partial charge on any atom is -0.467 e.